The number of nitrogens with zero attached hydrogens (tertiary/aromatic N) is 1. The van der Waals surface area contributed by atoms with Gasteiger partial charge in [0.2, 0.25) is 0 Å². The average molecular weight is 329 g/mol. The minimum Gasteiger partial charge on any atom is -0.461 e. The Morgan fingerprint density at radius 2 is 2.26 bits per heavy atom. The molecule has 2 N–H and O–H groups in total. The van der Waals surface area contributed by atoms with Crippen molar-refractivity contribution in [1.29, 1.82) is 0 Å². The molecule has 0 spiro atoms. The highest BCUT2D eigenvalue weighted by Crippen LogP contribution is 2.25. The lowest BCUT2D eigenvalue weighted by atomic mass is 10.2. The van der Waals surface area contributed by atoms with Crippen LogP contribution in [-0.2, 0) is 9.53 Å². The van der Waals surface area contributed by atoms with Gasteiger partial charge in [0.25, 0.3) is 0 Å². The second-order valence-corrected chi connectivity index (χ2v) is 4.53. The monoisotopic (exact) mass is 328 g/mol. The Bertz CT molecular complexity index is 537. The van der Waals surface area contributed by atoms with Crippen LogP contribution in [0, 0.1) is 5.82 Å². The van der Waals surface area contributed by atoms with Crippen molar-refractivity contribution in [2.24, 2.45) is 10.7 Å². The Balaban J connectivity index is 3.23. The SMILES string of the molecule is CCOC(=O)C(/C=C(/C)N)=Nc1cccc(Br)c1F. The molecule has 0 amide bonds. The standard InChI is InChI=1S/C13H14BrFN2O2/c1-3-19-13(18)11(7-8(2)16)17-10-6-4-5-9(14)12(10)15/h4-7H,3,16H2,1-2H3/b8-7-,17-11?. The summed E-state index contributed by atoms with van der Waals surface area (Å²) in [4.78, 5) is 15.7. The molecule has 0 saturated carbocycles. The maximum atomic E-state index is 13.8. The van der Waals surface area contributed by atoms with Gasteiger partial charge in [-0.1, -0.05) is 6.07 Å². The molecule has 0 aliphatic rings. The number of allylic oxidation sites excluding steroid dienone is 1. The van der Waals surface area contributed by atoms with E-state index < -0.39 is 11.8 Å². The maximum Gasteiger partial charge on any atom is 0.356 e. The van der Waals surface area contributed by atoms with Crippen molar-refractivity contribution < 1.29 is 13.9 Å². The van der Waals surface area contributed by atoms with Gasteiger partial charge in [0.15, 0.2) is 11.5 Å². The van der Waals surface area contributed by atoms with Crippen LogP contribution in [0.3, 0.4) is 0 Å². The molecule has 0 aromatic heterocycles. The summed E-state index contributed by atoms with van der Waals surface area (Å²) in [6.45, 7) is 3.48. The molecule has 0 heterocycles. The fourth-order valence-electron chi connectivity index (χ4n) is 1.27. The highest BCUT2D eigenvalue weighted by molar-refractivity contribution is 9.10. The second kappa shape index (κ2) is 7.04. The van der Waals surface area contributed by atoms with Crippen LogP contribution in [-0.4, -0.2) is 18.3 Å². The fraction of sp³-hybridized carbons (Fsp3) is 0.231. The van der Waals surface area contributed by atoms with Gasteiger partial charge in [-0.3, -0.25) is 0 Å². The third-order valence-electron chi connectivity index (χ3n) is 2.02. The highest BCUT2D eigenvalue weighted by Gasteiger charge is 2.12. The molecular weight excluding hydrogens is 315 g/mol. The summed E-state index contributed by atoms with van der Waals surface area (Å²) in [6.07, 6.45) is 1.35. The van der Waals surface area contributed by atoms with E-state index in [9.17, 15) is 9.18 Å². The molecule has 0 bridgehead atoms. The molecule has 0 saturated heterocycles. The molecule has 6 heteroatoms. The number of nitrogens with two attached hydrogens (primary N) is 1. The van der Waals surface area contributed by atoms with Crippen LogP contribution in [0.1, 0.15) is 13.8 Å². The van der Waals surface area contributed by atoms with E-state index in [0.29, 0.717) is 5.70 Å². The van der Waals surface area contributed by atoms with Crippen LogP contribution < -0.4 is 5.73 Å². The lowest BCUT2D eigenvalue weighted by molar-refractivity contribution is -0.134. The second-order valence-electron chi connectivity index (χ2n) is 3.68. The summed E-state index contributed by atoms with van der Waals surface area (Å²) in [7, 11) is 0. The van der Waals surface area contributed by atoms with Crippen molar-refractivity contribution >= 4 is 33.3 Å². The smallest absolute Gasteiger partial charge is 0.356 e. The quantitative estimate of drug-likeness (QED) is 0.682. The Morgan fingerprint density at radius 1 is 1.58 bits per heavy atom. The molecule has 19 heavy (non-hydrogen) atoms. The molecule has 0 unspecified atom stereocenters. The Morgan fingerprint density at radius 3 is 2.84 bits per heavy atom. The number of carbonyl (C=O) groups is 1. The highest BCUT2D eigenvalue weighted by atomic mass is 79.9. The lowest BCUT2D eigenvalue weighted by Crippen LogP contribution is -2.16. The van der Waals surface area contributed by atoms with E-state index in [1.54, 1.807) is 26.0 Å². The van der Waals surface area contributed by atoms with Gasteiger partial charge in [0, 0.05) is 5.70 Å². The average Bonchev–Trinajstić information content (AvgIpc) is 2.33. The summed E-state index contributed by atoms with van der Waals surface area (Å²) in [5, 5.41) is 0. The predicted molar refractivity (Wildman–Crippen MR) is 75.8 cm³/mol. The van der Waals surface area contributed by atoms with Crippen molar-refractivity contribution in [1.82, 2.24) is 0 Å². The van der Waals surface area contributed by atoms with E-state index in [4.69, 9.17) is 10.5 Å². The molecule has 0 atom stereocenters. The molecule has 0 aliphatic heterocycles. The topological polar surface area (TPSA) is 64.7 Å². The Hall–Kier alpha value is -1.69. The number of esters is 1. The number of rotatable bonds is 4. The van der Waals surface area contributed by atoms with E-state index in [0.717, 1.165) is 0 Å². The van der Waals surface area contributed by atoms with E-state index in [1.165, 1.54) is 12.1 Å². The number of ether oxygens (including phenoxy) is 1. The van der Waals surface area contributed by atoms with Crippen molar-refractivity contribution in [3.63, 3.8) is 0 Å². The van der Waals surface area contributed by atoms with Crippen molar-refractivity contribution in [2.45, 2.75) is 13.8 Å². The van der Waals surface area contributed by atoms with Gasteiger partial charge in [-0.15, -0.1) is 0 Å². The van der Waals surface area contributed by atoms with Crippen LogP contribution in [0.15, 0.2) is 39.4 Å². The molecular formula is C13H14BrFN2O2. The molecule has 0 fully saturated rings. The Kier molecular flexibility index (Phi) is 5.69. The first-order valence-corrected chi connectivity index (χ1v) is 6.38. The van der Waals surface area contributed by atoms with Crippen LogP contribution >= 0.6 is 15.9 Å². The van der Waals surface area contributed by atoms with Gasteiger partial charge >= 0.3 is 5.97 Å². The zero-order chi connectivity index (χ0) is 14.4. The molecule has 102 valence electrons. The van der Waals surface area contributed by atoms with Gasteiger partial charge in [-0.2, -0.15) is 0 Å². The van der Waals surface area contributed by atoms with Crippen LogP contribution in [0.2, 0.25) is 0 Å². The van der Waals surface area contributed by atoms with E-state index >= 15 is 0 Å². The zero-order valence-electron chi connectivity index (χ0n) is 10.6. The summed E-state index contributed by atoms with van der Waals surface area (Å²) >= 11 is 3.05. The number of hydrogen-bond acceptors (Lipinski definition) is 4. The molecule has 0 aliphatic carbocycles. The first kappa shape index (κ1) is 15.4. The van der Waals surface area contributed by atoms with Crippen molar-refractivity contribution in [2.75, 3.05) is 6.61 Å². The molecule has 1 aromatic rings. The Labute approximate surface area is 119 Å². The minimum atomic E-state index is -0.647. The maximum absolute atomic E-state index is 13.8. The third kappa shape index (κ3) is 4.48. The first-order chi connectivity index (χ1) is 8.95. The number of halogens is 2. The predicted octanol–water partition coefficient (Wildman–Crippen LogP) is 3.09. The number of hydrogen-bond donors (Lipinski definition) is 1. The van der Waals surface area contributed by atoms with Crippen molar-refractivity contribution in [3.05, 3.63) is 40.3 Å². The van der Waals surface area contributed by atoms with Crippen molar-refractivity contribution in [3.8, 4) is 0 Å². The fourth-order valence-corrected chi connectivity index (χ4v) is 1.62. The van der Waals surface area contributed by atoms with E-state index in [2.05, 4.69) is 20.9 Å². The lowest BCUT2D eigenvalue weighted by Gasteiger charge is -2.04. The number of carbonyl (C=O) groups excluding carboxylic acids is 1. The first-order valence-electron chi connectivity index (χ1n) is 5.59. The summed E-state index contributed by atoms with van der Waals surface area (Å²) in [6, 6.07) is 4.62. The largest absolute Gasteiger partial charge is 0.461 e. The molecule has 0 radical (unpaired) electrons. The summed E-state index contributed by atoms with van der Waals surface area (Å²) in [5.74, 6) is -1.20. The molecule has 1 aromatic carbocycles. The number of aliphatic imine (C=N–C) groups is 1. The normalized spacial score (nSPS) is 12.4. The van der Waals surface area contributed by atoms with Gasteiger partial charge in [-0.25, -0.2) is 14.2 Å². The van der Waals surface area contributed by atoms with Gasteiger partial charge in [0.1, 0.15) is 5.69 Å². The van der Waals surface area contributed by atoms with Crippen LogP contribution in [0.4, 0.5) is 10.1 Å². The van der Waals surface area contributed by atoms with E-state index in [-0.39, 0.29) is 22.5 Å². The molecule has 4 nitrogen and oxygen atoms in total. The van der Waals surface area contributed by atoms with Crippen LogP contribution in [0.5, 0.6) is 0 Å². The summed E-state index contributed by atoms with van der Waals surface area (Å²) in [5.41, 5.74) is 5.89. The van der Waals surface area contributed by atoms with Gasteiger partial charge in [0.05, 0.1) is 11.1 Å². The van der Waals surface area contributed by atoms with E-state index in [1.807, 2.05) is 0 Å². The molecule has 1 rings (SSSR count). The number of benzene rings is 1. The van der Waals surface area contributed by atoms with Gasteiger partial charge < -0.3 is 10.5 Å². The summed E-state index contributed by atoms with van der Waals surface area (Å²) < 4.78 is 18.9. The minimum absolute atomic E-state index is 0.0370. The van der Waals surface area contributed by atoms with Gasteiger partial charge in [-0.05, 0) is 48.0 Å². The zero-order valence-corrected chi connectivity index (χ0v) is 12.2. The third-order valence-corrected chi connectivity index (χ3v) is 2.63. The van der Waals surface area contributed by atoms with Crippen LogP contribution in [0.25, 0.3) is 0 Å².